The lowest BCUT2D eigenvalue weighted by atomic mass is 10.0. The fourth-order valence-corrected chi connectivity index (χ4v) is 3.67. The standard InChI is InChI=1S/C17H18N2O3S/c20-16(7-9-18-17(21)14-5-3-10-22-14)19-13-8-11-23-15-6-2-1-4-12(13)15/h1-6,10,13H,7-9,11H2,(H,18,21)(H,19,20)/t13-/m0/s1. The highest BCUT2D eigenvalue weighted by Gasteiger charge is 2.21. The van der Waals surface area contributed by atoms with Crippen molar-refractivity contribution in [2.45, 2.75) is 23.8 Å². The minimum Gasteiger partial charge on any atom is -0.459 e. The summed E-state index contributed by atoms with van der Waals surface area (Å²) in [5.74, 6) is 0.888. The van der Waals surface area contributed by atoms with Gasteiger partial charge in [-0.15, -0.1) is 11.8 Å². The normalized spacial score (nSPS) is 16.4. The number of furan rings is 1. The maximum atomic E-state index is 12.1. The summed E-state index contributed by atoms with van der Waals surface area (Å²) in [7, 11) is 0. The molecule has 23 heavy (non-hydrogen) atoms. The Balaban J connectivity index is 1.48. The second-order valence-electron chi connectivity index (χ2n) is 5.28. The third kappa shape index (κ3) is 3.96. The van der Waals surface area contributed by atoms with E-state index >= 15 is 0 Å². The molecular weight excluding hydrogens is 312 g/mol. The Bertz CT molecular complexity index is 685. The molecule has 0 aliphatic carbocycles. The molecule has 0 saturated heterocycles. The van der Waals surface area contributed by atoms with Crippen molar-refractivity contribution < 1.29 is 14.0 Å². The van der Waals surface area contributed by atoms with Crippen molar-refractivity contribution in [3.8, 4) is 0 Å². The molecule has 2 N–H and O–H groups in total. The van der Waals surface area contributed by atoms with Crippen LogP contribution in [0.3, 0.4) is 0 Å². The molecule has 3 rings (SSSR count). The molecule has 1 aromatic heterocycles. The van der Waals surface area contributed by atoms with Crippen LogP contribution in [-0.2, 0) is 4.79 Å². The molecule has 0 unspecified atom stereocenters. The number of amides is 2. The summed E-state index contributed by atoms with van der Waals surface area (Å²) in [6.45, 7) is 0.286. The molecule has 6 heteroatoms. The Morgan fingerprint density at radius 2 is 2.09 bits per heavy atom. The van der Waals surface area contributed by atoms with Crippen LogP contribution >= 0.6 is 11.8 Å². The van der Waals surface area contributed by atoms with Crippen LogP contribution in [0.15, 0.2) is 52.0 Å². The minimum atomic E-state index is -0.304. The van der Waals surface area contributed by atoms with Crippen LogP contribution in [0, 0.1) is 0 Å². The molecule has 0 saturated carbocycles. The van der Waals surface area contributed by atoms with Crippen LogP contribution < -0.4 is 10.6 Å². The maximum Gasteiger partial charge on any atom is 0.286 e. The van der Waals surface area contributed by atoms with Crippen LogP contribution in [0.25, 0.3) is 0 Å². The van der Waals surface area contributed by atoms with Crippen molar-refractivity contribution >= 4 is 23.6 Å². The summed E-state index contributed by atoms with van der Waals surface area (Å²) in [5.41, 5.74) is 1.18. The molecule has 0 fully saturated rings. The summed E-state index contributed by atoms with van der Waals surface area (Å²) in [6.07, 6.45) is 2.62. The van der Waals surface area contributed by atoms with E-state index in [0.29, 0.717) is 0 Å². The van der Waals surface area contributed by atoms with Crippen molar-refractivity contribution in [2.24, 2.45) is 0 Å². The molecule has 120 valence electrons. The third-order valence-electron chi connectivity index (χ3n) is 3.68. The van der Waals surface area contributed by atoms with Crippen LogP contribution in [0.5, 0.6) is 0 Å². The van der Waals surface area contributed by atoms with Gasteiger partial charge in [-0.1, -0.05) is 18.2 Å². The molecule has 1 aromatic carbocycles. The van der Waals surface area contributed by atoms with Gasteiger partial charge in [0.15, 0.2) is 5.76 Å². The van der Waals surface area contributed by atoms with E-state index in [1.54, 1.807) is 12.1 Å². The SMILES string of the molecule is O=C(CCNC(=O)c1ccco1)N[C@H]1CCSc2ccccc21. The van der Waals surface area contributed by atoms with Gasteiger partial charge in [-0.3, -0.25) is 9.59 Å². The fourth-order valence-electron chi connectivity index (χ4n) is 2.54. The van der Waals surface area contributed by atoms with Crippen molar-refractivity contribution in [2.75, 3.05) is 12.3 Å². The Labute approximate surface area is 138 Å². The smallest absolute Gasteiger partial charge is 0.286 e. The van der Waals surface area contributed by atoms with E-state index in [9.17, 15) is 9.59 Å². The van der Waals surface area contributed by atoms with Crippen LogP contribution in [0.2, 0.25) is 0 Å². The van der Waals surface area contributed by atoms with Crippen molar-refractivity contribution in [1.82, 2.24) is 10.6 Å². The zero-order chi connectivity index (χ0) is 16.1. The van der Waals surface area contributed by atoms with Gasteiger partial charge in [0.05, 0.1) is 12.3 Å². The topological polar surface area (TPSA) is 71.3 Å². The fraction of sp³-hybridized carbons (Fsp3) is 0.294. The van der Waals surface area contributed by atoms with Crippen molar-refractivity contribution in [1.29, 1.82) is 0 Å². The largest absolute Gasteiger partial charge is 0.459 e. The minimum absolute atomic E-state index is 0.0562. The average Bonchev–Trinajstić information content (AvgIpc) is 3.10. The van der Waals surface area contributed by atoms with Crippen molar-refractivity contribution in [3.63, 3.8) is 0 Å². The van der Waals surface area contributed by atoms with Gasteiger partial charge in [0.25, 0.3) is 5.91 Å². The first-order chi connectivity index (χ1) is 11.2. The summed E-state index contributed by atoms with van der Waals surface area (Å²) in [4.78, 5) is 25.0. The number of fused-ring (bicyclic) bond motifs is 1. The van der Waals surface area contributed by atoms with E-state index < -0.39 is 0 Å². The number of rotatable bonds is 5. The van der Waals surface area contributed by atoms with Gasteiger partial charge >= 0.3 is 0 Å². The lowest BCUT2D eigenvalue weighted by molar-refractivity contribution is -0.121. The summed E-state index contributed by atoms with van der Waals surface area (Å²) >= 11 is 1.82. The second kappa shape index (κ2) is 7.37. The van der Waals surface area contributed by atoms with E-state index in [2.05, 4.69) is 22.8 Å². The zero-order valence-corrected chi connectivity index (χ0v) is 13.4. The summed E-state index contributed by atoms with van der Waals surface area (Å²) < 4.78 is 5.00. The molecule has 1 atom stereocenters. The number of carbonyl (C=O) groups excluding carboxylic acids is 2. The molecule has 0 bridgehead atoms. The van der Waals surface area contributed by atoms with Crippen molar-refractivity contribution in [3.05, 3.63) is 54.0 Å². The van der Waals surface area contributed by atoms with Gasteiger partial charge in [-0.25, -0.2) is 0 Å². The van der Waals surface area contributed by atoms with E-state index in [-0.39, 0.29) is 36.6 Å². The van der Waals surface area contributed by atoms with Gasteiger partial charge in [0.2, 0.25) is 5.91 Å². The van der Waals surface area contributed by atoms with Gasteiger partial charge < -0.3 is 15.1 Å². The number of nitrogens with one attached hydrogen (secondary N) is 2. The lowest BCUT2D eigenvalue weighted by Gasteiger charge is -2.25. The van der Waals surface area contributed by atoms with E-state index in [1.807, 2.05) is 23.9 Å². The average molecular weight is 330 g/mol. The highest BCUT2D eigenvalue weighted by Crippen LogP contribution is 2.35. The number of thioether (sulfide) groups is 1. The van der Waals surface area contributed by atoms with Crippen LogP contribution in [0.1, 0.15) is 35.0 Å². The maximum absolute atomic E-state index is 12.1. The molecule has 0 radical (unpaired) electrons. The lowest BCUT2D eigenvalue weighted by Crippen LogP contribution is -2.34. The van der Waals surface area contributed by atoms with Gasteiger partial charge in [-0.05, 0) is 30.2 Å². The van der Waals surface area contributed by atoms with Gasteiger partial charge in [0, 0.05) is 23.6 Å². The molecular formula is C17H18N2O3S. The predicted octanol–water partition coefficient (Wildman–Crippen LogP) is 2.75. The molecule has 2 amide bonds. The molecule has 2 aromatic rings. The van der Waals surface area contributed by atoms with E-state index in [0.717, 1.165) is 12.2 Å². The monoisotopic (exact) mass is 330 g/mol. The first-order valence-corrected chi connectivity index (χ1v) is 8.55. The van der Waals surface area contributed by atoms with Gasteiger partial charge in [-0.2, -0.15) is 0 Å². The number of hydrogen-bond acceptors (Lipinski definition) is 4. The molecule has 2 heterocycles. The molecule has 0 spiro atoms. The second-order valence-corrected chi connectivity index (χ2v) is 6.42. The zero-order valence-electron chi connectivity index (χ0n) is 12.6. The summed E-state index contributed by atoms with van der Waals surface area (Å²) in [6, 6.07) is 11.5. The summed E-state index contributed by atoms with van der Waals surface area (Å²) in [5, 5.41) is 5.73. The van der Waals surface area contributed by atoms with Crippen LogP contribution in [0.4, 0.5) is 0 Å². The van der Waals surface area contributed by atoms with Crippen LogP contribution in [-0.4, -0.2) is 24.1 Å². The number of hydrogen-bond donors (Lipinski definition) is 2. The molecule has 5 nitrogen and oxygen atoms in total. The number of benzene rings is 1. The third-order valence-corrected chi connectivity index (χ3v) is 4.80. The van der Waals surface area contributed by atoms with E-state index in [4.69, 9.17) is 4.42 Å². The Hall–Kier alpha value is -2.21. The van der Waals surface area contributed by atoms with Gasteiger partial charge in [0.1, 0.15) is 0 Å². The quantitative estimate of drug-likeness (QED) is 0.884. The first kappa shape index (κ1) is 15.7. The Kier molecular flexibility index (Phi) is 5.02. The highest BCUT2D eigenvalue weighted by atomic mass is 32.2. The Morgan fingerprint density at radius 3 is 2.91 bits per heavy atom. The molecule has 1 aliphatic rings. The Morgan fingerprint density at radius 1 is 1.22 bits per heavy atom. The number of carbonyl (C=O) groups is 2. The highest BCUT2D eigenvalue weighted by molar-refractivity contribution is 7.99. The first-order valence-electron chi connectivity index (χ1n) is 7.57. The predicted molar refractivity (Wildman–Crippen MR) is 88.3 cm³/mol. The molecule has 1 aliphatic heterocycles. The van der Waals surface area contributed by atoms with E-state index in [1.165, 1.54) is 16.7 Å².